The molecule has 116 valence electrons. The molecule has 22 heavy (non-hydrogen) atoms. The molecule has 1 amide bonds. The number of ether oxygens (including phenoxy) is 1. The first-order valence-electron chi connectivity index (χ1n) is 6.80. The van der Waals surface area contributed by atoms with E-state index in [0.717, 1.165) is 11.1 Å². The van der Waals surface area contributed by atoms with Crippen LogP contribution in [0.1, 0.15) is 21.5 Å². The minimum Gasteiger partial charge on any atom is -0.507 e. The molecule has 0 aliphatic rings. The molecule has 0 spiro atoms. The van der Waals surface area contributed by atoms with Crippen LogP contribution in [0.2, 0.25) is 5.02 Å². The van der Waals surface area contributed by atoms with Gasteiger partial charge in [0.25, 0.3) is 5.91 Å². The van der Waals surface area contributed by atoms with Crippen LogP contribution in [-0.2, 0) is 6.54 Å². The van der Waals surface area contributed by atoms with E-state index in [4.69, 9.17) is 16.3 Å². The molecule has 2 aromatic carbocycles. The molecule has 2 rings (SSSR count). The van der Waals surface area contributed by atoms with Gasteiger partial charge in [0.05, 0.1) is 12.7 Å². The molecular formula is C17H18ClNO3. The van der Waals surface area contributed by atoms with Crippen LogP contribution in [0, 0.1) is 6.92 Å². The van der Waals surface area contributed by atoms with E-state index >= 15 is 0 Å². The molecule has 0 fully saturated rings. The quantitative estimate of drug-likeness (QED) is 0.936. The Balaban J connectivity index is 2.23. The fraction of sp³-hybridized carbons (Fsp3) is 0.235. The third kappa shape index (κ3) is 3.52. The lowest BCUT2D eigenvalue weighted by Crippen LogP contribution is -2.26. The summed E-state index contributed by atoms with van der Waals surface area (Å²) in [7, 11) is 3.24. The Kier molecular flexibility index (Phi) is 4.93. The summed E-state index contributed by atoms with van der Waals surface area (Å²) in [6.07, 6.45) is 0. The molecule has 0 bridgehead atoms. The van der Waals surface area contributed by atoms with Gasteiger partial charge in [-0.15, -0.1) is 0 Å². The molecule has 0 saturated carbocycles. The average Bonchev–Trinajstić information content (AvgIpc) is 2.47. The fourth-order valence-corrected chi connectivity index (χ4v) is 2.42. The number of phenolic OH excluding ortho intramolecular Hbond substituents is 1. The van der Waals surface area contributed by atoms with Gasteiger partial charge in [-0.3, -0.25) is 4.79 Å². The highest BCUT2D eigenvalue weighted by atomic mass is 35.5. The minimum atomic E-state index is -0.264. The lowest BCUT2D eigenvalue weighted by Gasteiger charge is -2.19. The predicted octanol–water partition coefficient (Wildman–Crippen LogP) is 3.63. The zero-order valence-electron chi connectivity index (χ0n) is 12.8. The topological polar surface area (TPSA) is 49.8 Å². The van der Waals surface area contributed by atoms with Crippen molar-refractivity contribution in [3.8, 4) is 11.5 Å². The Hall–Kier alpha value is -2.20. The monoisotopic (exact) mass is 319 g/mol. The van der Waals surface area contributed by atoms with Crippen molar-refractivity contribution >= 4 is 17.5 Å². The third-order valence-corrected chi connectivity index (χ3v) is 3.62. The molecule has 0 aliphatic heterocycles. The van der Waals surface area contributed by atoms with Gasteiger partial charge in [-0.05, 0) is 42.8 Å². The Bertz CT molecular complexity index is 700. The molecule has 0 saturated heterocycles. The second-order valence-electron chi connectivity index (χ2n) is 5.14. The average molecular weight is 320 g/mol. The number of rotatable bonds is 4. The van der Waals surface area contributed by atoms with Gasteiger partial charge in [0.15, 0.2) is 0 Å². The number of carbonyl (C=O) groups excluding carboxylic acids is 1. The fourth-order valence-electron chi connectivity index (χ4n) is 2.23. The number of amides is 1. The summed E-state index contributed by atoms with van der Waals surface area (Å²) in [4.78, 5) is 14.0. The van der Waals surface area contributed by atoms with Gasteiger partial charge in [0.2, 0.25) is 0 Å². The number of hydrogen-bond donors (Lipinski definition) is 1. The highest BCUT2D eigenvalue weighted by Crippen LogP contribution is 2.25. The third-order valence-electron chi connectivity index (χ3n) is 3.38. The summed E-state index contributed by atoms with van der Waals surface area (Å²) in [5.41, 5.74) is 1.97. The first-order chi connectivity index (χ1) is 10.4. The van der Waals surface area contributed by atoms with Gasteiger partial charge in [0, 0.05) is 24.2 Å². The number of methoxy groups -OCH3 is 1. The van der Waals surface area contributed by atoms with Crippen LogP contribution >= 0.6 is 11.6 Å². The first kappa shape index (κ1) is 16.2. The zero-order chi connectivity index (χ0) is 16.3. The smallest absolute Gasteiger partial charge is 0.257 e. The maximum absolute atomic E-state index is 12.5. The SMILES string of the molecule is COc1ccc(Cl)cc1CN(C)C(=O)c1ccc(C)cc1O. The van der Waals surface area contributed by atoms with Crippen LogP contribution in [0.4, 0.5) is 0 Å². The van der Waals surface area contributed by atoms with E-state index in [9.17, 15) is 9.90 Å². The Morgan fingerprint density at radius 2 is 2.00 bits per heavy atom. The highest BCUT2D eigenvalue weighted by molar-refractivity contribution is 6.30. The van der Waals surface area contributed by atoms with Gasteiger partial charge in [0.1, 0.15) is 11.5 Å². The Morgan fingerprint density at radius 3 is 2.64 bits per heavy atom. The second-order valence-corrected chi connectivity index (χ2v) is 5.57. The highest BCUT2D eigenvalue weighted by Gasteiger charge is 2.17. The van der Waals surface area contributed by atoms with Gasteiger partial charge >= 0.3 is 0 Å². The van der Waals surface area contributed by atoms with Crippen LogP contribution in [0.25, 0.3) is 0 Å². The zero-order valence-corrected chi connectivity index (χ0v) is 13.5. The summed E-state index contributed by atoms with van der Waals surface area (Å²) < 4.78 is 5.28. The number of aryl methyl sites for hydroxylation is 1. The molecule has 0 aliphatic carbocycles. The second kappa shape index (κ2) is 6.71. The first-order valence-corrected chi connectivity index (χ1v) is 7.17. The van der Waals surface area contributed by atoms with Gasteiger partial charge in [-0.2, -0.15) is 0 Å². The van der Waals surface area contributed by atoms with E-state index in [0.29, 0.717) is 17.3 Å². The van der Waals surface area contributed by atoms with Gasteiger partial charge in [-0.1, -0.05) is 17.7 Å². The van der Waals surface area contributed by atoms with Gasteiger partial charge in [-0.25, -0.2) is 0 Å². The van der Waals surface area contributed by atoms with E-state index in [1.165, 1.54) is 4.90 Å². The van der Waals surface area contributed by atoms with Crippen molar-refractivity contribution in [1.82, 2.24) is 4.90 Å². The van der Waals surface area contributed by atoms with Gasteiger partial charge < -0.3 is 14.7 Å². The summed E-state index contributed by atoms with van der Waals surface area (Å²) in [5.74, 6) is 0.381. The molecule has 4 nitrogen and oxygen atoms in total. The molecule has 0 unspecified atom stereocenters. The van der Waals surface area contributed by atoms with Crippen LogP contribution in [0.3, 0.4) is 0 Å². The van der Waals surface area contributed by atoms with Crippen LogP contribution in [-0.4, -0.2) is 30.1 Å². The number of hydrogen-bond acceptors (Lipinski definition) is 3. The summed E-state index contributed by atoms with van der Waals surface area (Å²) in [5, 5.41) is 10.5. The van der Waals surface area contributed by atoms with E-state index < -0.39 is 0 Å². The van der Waals surface area contributed by atoms with E-state index in [1.54, 1.807) is 50.6 Å². The molecule has 0 aromatic heterocycles. The van der Waals surface area contributed by atoms with Crippen molar-refractivity contribution < 1.29 is 14.6 Å². The van der Waals surface area contributed by atoms with E-state index in [1.807, 2.05) is 6.92 Å². The summed E-state index contributed by atoms with van der Waals surface area (Å²) in [6, 6.07) is 10.2. The predicted molar refractivity (Wildman–Crippen MR) is 86.6 cm³/mol. The Morgan fingerprint density at radius 1 is 1.27 bits per heavy atom. The van der Waals surface area contributed by atoms with Crippen molar-refractivity contribution in [1.29, 1.82) is 0 Å². The maximum Gasteiger partial charge on any atom is 0.257 e. The largest absolute Gasteiger partial charge is 0.507 e. The number of carbonyl (C=O) groups is 1. The summed E-state index contributed by atoms with van der Waals surface area (Å²) in [6.45, 7) is 2.18. The number of halogens is 1. The number of phenols is 1. The van der Waals surface area contributed by atoms with Crippen LogP contribution in [0.5, 0.6) is 11.5 Å². The molecular weight excluding hydrogens is 302 g/mol. The standard InChI is InChI=1S/C17H18ClNO3/c1-11-4-6-14(15(20)8-11)17(21)19(2)10-12-9-13(18)5-7-16(12)22-3/h4-9,20H,10H2,1-3H3. The van der Waals surface area contributed by atoms with Crippen LogP contribution in [0.15, 0.2) is 36.4 Å². The van der Waals surface area contributed by atoms with E-state index in [2.05, 4.69) is 0 Å². The van der Waals surface area contributed by atoms with Crippen molar-refractivity contribution in [2.45, 2.75) is 13.5 Å². The molecule has 0 heterocycles. The molecule has 1 N–H and O–H groups in total. The minimum absolute atomic E-state index is 0.0186. The normalized spacial score (nSPS) is 10.4. The van der Waals surface area contributed by atoms with E-state index in [-0.39, 0.29) is 17.2 Å². The van der Waals surface area contributed by atoms with Crippen molar-refractivity contribution in [3.63, 3.8) is 0 Å². The Labute approximate surface area is 134 Å². The maximum atomic E-state index is 12.5. The molecule has 0 atom stereocenters. The van der Waals surface area contributed by atoms with Crippen molar-refractivity contribution in [2.24, 2.45) is 0 Å². The molecule has 2 aromatic rings. The summed E-state index contributed by atoms with van der Waals surface area (Å²) >= 11 is 6.00. The van der Waals surface area contributed by atoms with Crippen molar-refractivity contribution in [3.05, 3.63) is 58.1 Å². The number of aromatic hydroxyl groups is 1. The lowest BCUT2D eigenvalue weighted by atomic mass is 10.1. The number of benzene rings is 2. The number of nitrogens with zero attached hydrogens (tertiary/aromatic N) is 1. The molecule has 0 radical (unpaired) electrons. The lowest BCUT2D eigenvalue weighted by molar-refractivity contribution is 0.0781. The van der Waals surface area contributed by atoms with Crippen LogP contribution < -0.4 is 4.74 Å². The molecule has 5 heteroatoms. The van der Waals surface area contributed by atoms with Crippen molar-refractivity contribution in [2.75, 3.05) is 14.2 Å².